The Morgan fingerprint density at radius 1 is 0.939 bits per heavy atom. The first-order chi connectivity index (χ1) is 15.9. The van der Waals surface area contributed by atoms with Gasteiger partial charge in [-0.3, -0.25) is 4.79 Å². The molecule has 1 amide bonds. The Kier molecular flexibility index (Phi) is 7.05. The van der Waals surface area contributed by atoms with Gasteiger partial charge in [0.05, 0.1) is 0 Å². The molecule has 0 atom stereocenters. The van der Waals surface area contributed by atoms with Crippen molar-refractivity contribution in [3.05, 3.63) is 89.7 Å². The van der Waals surface area contributed by atoms with Gasteiger partial charge in [0.15, 0.2) is 0 Å². The van der Waals surface area contributed by atoms with Crippen molar-refractivity contribution in [1.82, 2.24) is 4.31 Å². The van der Waals surface area contributed by atoms with E-state index in [2.05, 4.69) is 5.32 Å². The van der Waals surface area contributed by atoms with Crippen molar-refractivity contribution < 1.29 is 22.3 Å². The van der Waals surface area contributed by atoms with Gasteiger partial charge in [-0.15, -0.1) is 0 Å². The molecule has 6 nitrogen and oxygen atoms in total. The molecule has 1 aliphatic heterocycles. The molecule has 33 heavy (non-hydrogen) atoms. The molecule has 0 unspecified atom stereocenters. The van der Waals surface area contributed by atoms with Crippen molar-refractivity contribution in [3.63, 3.8) is 0 Å². The summed E-state index contributed by atoms with van der Waals surface area (Å²) in [4.78, 5) is 12.2. The second kappa shape index (κ2) is 10.1. The summed E-state index contributed by atoms with van der Waals surface area (Å²) in [5, 5.41) is 2.71. The van der Waals surface area contributed by atoms with Crippen LogP contribution in [0.4, 0.5) is 10.1 Å². The SMILES string of the molecule is O=C(Nc1ccc(OCc2ccccc2)cc1)c1ccc(F)c(S(=O)(=O)N2CCCCC2)c1. The number of anilines is 1. The number of nitrogens with one attached hydrogen (secondary N) is 1. The van der Waals surface area contributed by atoms with E-state index in [1.54, 1.807) is 24.3 Å². The van der Waals surface area contributed by atoms with Crippen LogP contribution in [0.3, 0.4) is 0 Å². The highest BCUT2D eigenvalue weighted by Crippen LogP contribution is 2.25. The minimum atomic E-state index is -3.99. The van der Waals surface area contributed by atoms with Crippen molar-refractivity contribution in [3.8, 4) is 5.75 Å². The van der Waals surface area contributed by atoms with E-state index < -0.39 is 26.6 Å². The highest BCUT2D eigenvalue weighted by atomic mass is 32.2. The molecular formula is C25H25FN2O4S. The number of carbonyl (C=O) groups is 1. The summed E-state index contributed by atoms with van der Waals surface area (Å²) in [6, 6.07) is 20.0. The van der Waals surface area contributed by atoms with Crippen LogP contribution in [0.25, 0.3) is 0 Å². The molecule has 1 saturated heterocycles. The maximum Gasteiger partial charge on any atom is 0.255 e. The van der Waals surface area contributed by atoms with Gasteiger partial charge in [0.2, 0.25) is 10.0 Å². The maximum atomic E-state index is 14.4. The van der Waals surface area contributed by atoms with E-state index in [1.165, 1.54) is 10.4 Å². The molecule has 1 aliphatic rings. The molecule has 1 fully saturated rings. The molecule has 0 bridgehead atoms. The van der Waals surface area contributed by atoms with E-state index in [4.69, 9.17) is 4.74 Å². The maximum absolute atomic E-state index is 14.4. The highest BCUT2D eigenvalue weighted by Gasteiger charge is 2.29. The number of ether oxygens (including phenoxy) is 1. The number of rotatable bonds is 7. The third-order valence-corrected chi connectivity index (χ3v) is 7.40. The standard InChI is InChI=1S/C25H25FN2O4S/c26-23-14-9-20(17-24(23)33(30,31)28-15-5-2-6-16-28)25(29)27-21-10-12-22(13-11-21)32-18-19-7-3-1-4-8-19/h1,3-4,7-14,17H,2,5-6,15-16,18H2,(H,27,29). The molecule has 1 N–H and O–H groups in total. The average molecular weight is 469 g/mol. The fourth-order valence-corrected chi connectivity index (χ4v) is 5.27. The van der Waals surface area contributed by atoms with Crippen molar-refractivity contribution in [2.24, 2.45) is 0 Å². The summed E-state index contributed by atoms with van der Waals surface area (Å²) in [6.07, 6.45) is 2.44. The van der Waals surface area contributed by atoms with Crippen LogP contribution in [-0.4, -0.2) is 31.7 Å². The Labute approximate surface area is 193 Å². The zero-order valence-corrected chi connectivity index (χ0v) is 18.9. The van der Waals surface area contributed by atoms with Crippen LogP contribution in [-0.2, 0) is 16.6 Å². The van der Waals surface area contributed by atoms with E-state index in [0.717, 1.165) is 37.0 Å². The van der Waals surface area contributed by atoms with Crippen molar-refractivity contribution >= 4 is 21.6 Å². The normalized spacial score (nSPS) is 14.6. The van der Waals surface area contributed by atoms with Crippen molar-refractivity contribution in [2.45, 2.75) is 30.8 Å². The second-order valence-electron chi connectivity index (χ2n) is 7.86. The van der Waals surface area contributed by atoms with Gasteiger partial charge in [-0.05, 0) is 60.9 Å². The molecule has 4 rings (SSSR count). The summed E-state index contributed by atoms with van der Waals surface area (Å²) in [5.74, 6) is -0.742. The zero-order chi connectivity index (χ0) is 23.3. The Balaban J connectivity index is 1.43. The first kappa shape index (κ1) is 22.9. The van der Waals surface area contributed by atoms with Gasteiger partial charge in [0.25, 0.3) is 5.91 Å². The molecule has 3 aromatic carbocycles. The third-order valence-electron chi connectivity index (χ3n) is 5.49. The highest BCUT2D eigenvalue weighted by molar-refractivity contribution is 7.89. The van der Waals surface area contributed by atoms with Gasteiger partial charge in [0, 0.05) is 24.3 Å². The average Bonchev–Trinajstić information content (AvgIpc) is 2.85. The second-order valence-corrected chi connectivity index (χ2v) is 9.77. The van der Waals surface area contributed by atoms with Crippen LogP contribution in [0, 0.1) is 5.82 Å². The van der Waals surface area contributed by atoms with E-state index in [-0.39, 0.29) is 5.56 Å². The lowest BCUT2D eigenvalue weighted by molar-refractivity contribution is 0.102. The first-order valence-electron chi connectivity index (χ1n) is 10.8. The number of nitrogens with zero attached hydrogens (tertiary/aromatic N) is 1. The minimum Gasteiger partial charge on any atom is -0.489 e. The minimum absolute atomic E-state index is 0.0661. The van der Waals surface area contributed by atoms with Gasteiger partial charge in [-0.1, -0.05) is 36.8 Å². The number of benzene rings is 3. The van der Waals surface area contributed by atoms with Crippen molar-refractivity contribution in [2.75, 3.05) is 18.4 Å². The molecule has 0 radical (unpaired) electrons. The first-order valence-corrected chi connectivity index (χ1v) is 12.3. The Morgan fingerprint density at radius 2 is 1.64 bits per heavy atom. The van der Waals surface area contributed by atoms with Crippen LogP contribution >= 0.6 is 0 Å². The summed E-state index contributed by atoms with van der Waals surface area (Å²) in [6.45, 7) is 1.14. The van der Waals surface area contributed by atoms with Gasteiger partial charge >= 0.3 is 0 Å². The monoisotopic (exact) mass is 468 g/mol. The van der Waals surface area contributed by atoms with E-state index in [0.29, 0.717) is 31.1 Å². The van der Waals surface area contributed by atoms with Crippen molar-refractivity contribution in [1.29, 1.82) is 0 Å². The fraction of sp³-hybridized carbons (Fsp3) is 0.240. The van der Waals surface area contributed by atoms with Gasteiger partial charge in [0.1, 0.15) is 23.1 Å². The summed E-state index contributed by atoms with van der Waals surface area (Å²) in [7, 11) is -3.99. The van der Waals surface area contributed by atoms with Gasteiger partial charge in [-0.2, -0.15) is 4.31 Å². The number of halogens is 1. The molecule has 0 aromatic heterocycles. The Bertz CT molecular complexity index is 1210. The number of hydrogen-bond donors (Lipinski definition) is 1. The van der Waals surface area contributed by atoms with Crippen LogP contribution in [0.5, 0.6) is 5.75 Å². The zero-order valence-electron chi connectivity index (χ0n) is 18.0. The quantitative estimate of drug-likeness (QED) is 0.539. The lowest BCUT2D eigenvalue weighted by Gasteiger charge is -2.26. The number of hydrogen-bond acceptors (Lipinski definition) is 4. The fourth-order valence-electron chi connectivity index (χ4n) is 3.67. The lowest BCUT2D eigenvalue weighted by atomic mass is 10.2. The Hall–Kier alpha value is -3.23. The summed E-state index contributed by atoms with van der Waals surface area (Å²) in [5.41, 5.74) is 1.62. The number of piperidine rings is 1. The topological polar surface area (TPSA) is 75.7 Å². The molecular weight excluding hydrogens is 443 g/mol. The Morgan fingerprint density at radius 3 is 2.33 bits per heavy atom. The molecule has 0 aliphatic carbocycles. The molecule has 1 heterocycles. The molecule has 3 aromatic rings. The molecule has 0 spiro atoms. The lowest BCUT2D eigenvalue weighted by Crippen LogP contribution is -2.36. The van der Waals surface area contributed by atoms with E-state index >= 15 is 0 Å². The number of carbonyl (C=O) groups excluding carboxylic acids is 1. The van der Waals surface area contributed by atoms with Crippen LogP contribution in [0.2, 0.25) is 0 Å². The van der Waals surface area contributed by atoms with Crippen LogP contribution in [0.15, 0.2) is 77.7 Å². The van der Waals surface area contributed by atoms with E-state index in [9.17, 15) is 17.6 Å². The predicted octanol–water partition coefficient (Wildman–Crippen LogP) is 4.83. The number of sulfonamides is 1. The molecule has 8 heteroatoms. The van der Waals surface area contributed by atoms with Gasteiger partial charge in [-0.25, -0.2) is 12.8 Å². The largest absolute Gasteiger partial charge is 0.489 e. The third kappa shape index (κ3) is 5.58. The van der Waals surface area contributed by atoms with E-state index in [1.807, 2.05) is 30.3 Å². The number of amides is 1. The summed E-state index contributed by atoms with van der Waals surface area (Å²) >= 11 is 0. The van der Waals surface area contributed by atoms with Gasteiger partial charge < -0.3 is 10.1 Å². The van der Waals surface area contributed by atoms with Crippen LogP contribution < -0.4 is 10.1 Å². The predicted molar refractivity (Wildman–Crippen MR) is 124 cm³/mol. The smallest absolute Gasteiger partial charge is 0.255 e. The molecule has 0 saturated carbocycles. The van der Waals surface area contributed by atoms with Crippen LogP contribution in [0.1, 0.15) is 35.2 Å². The molecule has 172 valence electrons. The summed E-state index contributed by atoms with van der Waals surface area (Å²) < 4.78 is 47.2.